The van der Waals surface area contributed by atoms with E-state index >= 15 is 0 Å². The van der Waals surface area contributed by atoms with E-state index in [4.69, 9.17) is 4.18 Å². The molecule has 1 aromatic carbocycles. The zero-order valence-corrected chi connectivity index (χ0v) is 8.37. The number of halogens is 1. The molecule has 0 bridgehead atoms. The van der Waals surface area contributed by atoms with Crippen LogP contribution in [-0.2, 0) is 15.3 Å². The molecule has 0 aliphatic rings. The Morgan fingerprint density at radius 3 is 2.71 bits per heavy atom. The van der Waals surface area contributed by atoms with Crippen LogP contribution in [-0.4, -0.2) is 17.0 Å². The van der Waals surface area contributed by atoms with Gasteiger partial charge < -0.3 is 0 Å². The van der Waals surface area contributed by atoms with Gasteiger partial charge in [-0.3, -0.25) is 4.18 Å². The molecule has 2 unspecified atom stereocenters. The first kappa shape index (κ1) is 11.1. The van der Waals surface area contributed by atoms with Crippen molar-refractivity contribution in [3.63, 3.8) is 0 Å². The molecule has 0 amide bonds. The third kappa shape index (κ3) is 3.40. The first-order valence-electron chi connectivity index (χ1n) is 4.10. The second-order valence-corrected chi connectivity index (χ2v) is 3.76. The van der Waals surface area contributed by atoms with Crippen molar-refractivity contribution in [2.24, 2.45) is 0 Å². The number of benzene rings is 1. The van der Waals surface area contributed by atoms with Gasteiger partial charge in [-0.1, -0.05) is 24.3 Å². The van der Waals surface area contributed by atoms with E-state index in [1.165, 1.54) is 0 Å². The van der Waals surface area contributed by atoms with Gasteiger partial charge in [0.05, 0.1) is 11.5 Å². The van der Waals surface area contributed by atoms with Crippen LogP contribution in [0, 0.1) is 0 Å². The second-order valence-electron chi connectivity index (χ2n) is 2.58. The van der Waals surface area contributed by atoms with Crippen molar-refractivity contribution in [3.8, 4) is 0 Å². The standard InChI is InChI=1S/C10H11FO2S/c1-2-9(11)8-13-14(12)10-6-4-3-5-7-10/h2-7,9H,1,8H2. The lowest BCUT2D eigenvalue weighted by atomic mass is 10.4. The van der Waals surface area contributed by atoms with Crippen LogP contribution in [0.2, 0.25) is 0 Å². The smallest absolute Gasteiger partial charge is 0.189 e. The number of alkyl halides is 1. The van der Waals surface area contributed by atoms with Gasteiger partial charge in [-0.05, 0) is 12.1 Å². The van der Waals surface area contributed by atoms with E-state index in [1.807, 2.05) is 6.07 Å². The van der Waals surface area contributed by atoms with E-state index in [0.29, 0.717) is 4.90 Å². The molecule has 0 heterocycles. The Morgan fingerprint density at radius 2 is 2.14 bits per heavy atom. The molecule has 0 N–H and O–H groups in total. The van der Waals surface area contributed by atoms with Crippen molar-refractivity contribution in [1.29, 1.82) is 0 Å². The molecule has 0 saturated carbocycles. The highest BCUT2D eigenvalue weighted by Gasteiger charge is 2.07. The van der Waals surface area contributed by atoms with Crippen molar-refractivity contribution in [2.75, 3.05) is 6.61 Å². The maximum absolute atomic E-state index is 12.6. The Hall–Kier alpha value is -1.00. The Bertz CT molecular complexity index is 313. The van der Waals surface area contributed by atoms with Gasteiger partial charge >= 0.3 is 0 Å². The van der Waals surface area contributed by atoms with E-state index in [-0.39, 0.29) is 6.61 Å². The summed E-state index contributed by atoms with van der Waals surface area (Å²) in [6.07, 6.45) is -0.162. The number of hydrogen-bond donors (Lipinski definition) is 0. The van der Waals surface area contributed by atoms with E-state index in [2.05, 4.69) is 6.58 Å². The maximum Gasteiger partial charge on any atom is 0.189 e. The molecule has 4 heteroatoms. The monoisotopic (exact) mass is 214 g/mol. The first-order valence-corrected chi connectivity index (χ1v) is 5.18. The summed E-state index contributed by atoms with van der Waals surface area (Å²) in [7, 11) is 0. The molecule has 0 aliphatic heterocycles. The molecule has 0 radical (unpaired) electrons. The van der Waals surface area contributed by atoms with Crippen molar-refractivity contribution >= 4 is 11.1 Å². The third-order valence-electron chi connectivity index (χ3n) is 1.53. The van der Waals surface area contributed by atoms with Crippen molar-refractivity contribution in [3.05, 3.63) is 43.0 Å². The SMILES string of the molecule is C=CC(F)COS(=O)c1ccccc1. The minimum absolute atomic E-state index is 0.231. The number of hydrogen-bond acceptors (Lipinski definition) is 2. The van der Waals surface area contributed by atoms with Crippen molar-refractivity contribution in [2.45, 2.75) is 11.1 Å². The summed E-state index contributed by atoms with van der Waals surface area (Å²) in [4.78, 5) is 0.531. The van der Waals surface area contributed by atoms with Crippen LogP contribution in [0.5, 0.6) is 0 Å². The fourth-order valence-electron chi connectivity index (χ4n) is 0.794. The predicted octanol–water partition coefficient (Wildman–Crippen LogP) is 2.25. The molecular formula is C10H11FO2S. The molecule has 0 aliphatic carbocycles. The summed E-state index contributed by atoms with van der Waals surface area (Å²) in [5.74, 6) is 0. The topological polar surface area (TPSA) is 26.3 Å². The normalized spacial score (nSPS) is 14.6. The van der Waals surface area contributed by atoms with Gasteiger partial charge in [0.25, 0.3) is 0 Å². The van der Waals surface area contributed by atoms with Gasteiger partial charge in [-0.25, -0.2) is 8.60 Å². The Morgan fingerprint density at radius 1 is 1.50 bits per heavy atom. The summed E-state index contributed by atoms with van der Waals surface area (Å²) in [5, 5.41) is 0. The summed E-state index contributed by atoms with van der Waals surface area (Å²) in [6, 6.07) is 8.63. The summed E-state index contributed by atoms with van der Waals surface area (Å²) in [5.41, 5.74) is 0. The lowest BCUT2D eigenvalue weighted by molar-refractivity contribution is 0.247. The highest BCUT2D eigenvalue weighted by atomic mass is 32.2. The Labute approximate surface area is 85.1 Å². The van der Waals surface area contributed by atoms with Gasteiger partial charge in [-0.15, -0.1) is 6.58 Å². The summed E-state index contributed by atoms with van der Waals surface area (Å²) >= 11 is -1.59. The van der Waals surface area contributed by atoms with Gasteiger partial charge in [0.2, 0.25) is 0 Å². The summed E-state index contributed by atoms with van der Waals surface area (Å²) < 4.78 is 28.8. The zero-order valence-electron chi connectivity index (χ0n) is 7.56. The molecule has 1 aromatic rings. The Balaban J connectivity index is 2.47. The maximum atomic E-state index is 12.6. The highest BCUT2D eigenvalue weighted by molar-refractivity contribution is 7.80. The lowest BCUT2D eigenvalue weighted by Crippen LogP contribution is -2.09. The molecule has 0 aromatic heterocycles. The highest BCUT2D eigenvalue weighted by Crippen LogP contribution is 2.07. The van der Waals surface area contributed by atoms with E-state index in [0.717, 1.165) is 6.08 Å². The van der Waals surface area contributed by atoms with Crippen LogP contribution in [0.3, 0.4) is 0 Å². The minimum Gasteiger partial charge on any atom is -0.283 e. The average molecular weight is 214 g/mol. The van der Waals surface area contributed by atoms with Gasteiger partial charge in [0, 0.05) is 0 Å². The first-order chi connectivity index (χ1) is 6.74. The van der Waals surface area contributed by atoms with E-state index in [1.54, 1.807) is 24.3 Å². The van der Waals surface area contributed by atoms with Crippen LogP contribution in [0.25, 0.3) is 0 Å². The van der Waals surface area contributed by atoms with E-state index < -0.39 is 17.3 Å². The van der Waals surface area contributed by atoms with Crippen molar-refractivity contribution < 1.29 is 12.8 Å². The second kappa shape index (κ2) is 5.67. The van der Waals surface area contributed by atoms with E-state index in [9.17, 15) is 8.60 Å². The quantitative estimate of drug-likeness (QED) is 0.703. The molecule has 0 spiro atoms. The third-order valence-corrected chi connectivity index (χ3v) is 2.53. The molecule has 0 saturated heterocycles. The fraction of sp³-hybridized carbons (Fsp3) is 0.200. The average Bonchev–Trinajstić information content (AvgIpc) is 2.26. The lowest BCUT2D eigenvalue weighted by Gasteiger charge is -2.03. The van der Waals surface area contributed by atoms with Crippen LogP contribution in [0.4, 0.5) is 4.39 Å². The van der Waals surface area contributed by atoms with Crippen LogP contribution in [0.15, 0.2) is 47.9 Å². The van der Waals surface area contributed by atoms with Crippen LogP contribution in [0.1, 0.15) is 0 Å². The summed E-state index contributed by atoms with van der Waals surface area (Å²) in [6.45, 7) is 3.03. The largest absolute Gasteiger partial charge is 0.283 e. The van der Waals surface area contributed by atoms with Gasteiger partial charge in [0.15, 0.2) is 11.1 Å². The van der Waals surface area contributed by atoms with Crippen molar-refractivity contribution in [1.82, 2.24) is 0 Å². The molecule has 1 rings (SSSR count). The Kier molecular flexibility index (Phi) is 4.49. The molecule has 14 heavy (non-hydrogen) atoms. The minimum atomic E-state index is -1.59. The van der Waals surface area contributed by atoms with Gasteiger partial charge in [-0.2, -0.15) is 0 Å². The fourth-order valence-corrected chi connectivity index (χ4v) is 1.56. The molecule has 2 nitrogen and oxygen atoms in total. The molecule has 2 atom stereocenters. The molecule has 0 fully saturated rings. The predicted molar refractivity (Wildman–Crippen MR) is 53.9 cm³/mol. The zero-order chi connectivity index (χ0) is 10.4. The van der Waals surface area contributed by atoms with Crippen LogP contribution >= 0.6 is 0 Å². The molecular weight excluding hydrogens is 203 g/mol. The van der Waals surface area contributed by atoms with Gasteiger partial charge in [0.1, 0.15) is 6.17 Å². The number of rotatable bonds is 5. The molecule has 76 valence electrons. The van der Waals surface area contributed by atoms with Crippen LogP contribution < -0.4 is 0 Å².